The van der Waals surface area contributed by atoms with Gasteiger partial charge < -0.3 is 9.26 Å². The molecule has 0 fully saturated rings. The van der Waals surface area contributed by atoms with Crippen LogP contribution in [0.5, 0.6) is 5.88 Å². The average Bonchev–Trinajstić information content (AvgIpc) is 3.27. The van der Waals surface area contributed by atoms with E-state index in [0.29, 0.717) is 28.2 Å². The van der Waals surface area contributed by atoms with Crippen molar-refractivity contribution in [3.8, 4) is 28.5 Å². The Balaban J connectivity index is 1.63. The summed E-state index contributed by atoms with van der Waals surface area (Å²) in [5, 5.41) is 5.61. The molecule has 156 valence electrons. The van der Waals surface area contributed by atoms with Gasteiger partial charge in [-0.05, 0) is 41.0 Å². The van der Waals surface area contributed by atoms with Gasteiger partial charge >= 0.3 is 0 Å². The van der Waals surface area contributed by atoms with Crippen LogP contribution in [0, 0.1) is 0 Å². The van der Waals surface area contributed by atoms with Crippen LogP contribution in [0.15, 0.2) is 76.8 Å². The Morgan fingerprint density at radius 3 is 2.52 bits per heavy atom. The zero-order valence-corrected chi connectivity index (χ0v) is 20.2. The van der Waals surface area contributed by atoms with Crippen molar-refractivity contribution < 1.29 is 9.26 Å². The highest BCUT2D eigenvalue weighted by Crippen LogP contribution is 2.37. The summed E-state index contributed by atoms with van der Waals surface area (Å²) >= 11 is 9.65. The largest absolute Gasteiger partial charge is 0.469 e. The average molecular weight is 562 g/mol. The van der Waals surface area contributed by atoms with Crippen molar-refractivity contribution in [2.75, 3.05) is 6.26 Å². The second kappa shape index (κ2) is 9.84. The fourth-order valence-electron chi connectivity index (χ4n) is 2.90. The molecule has 0 N–H and O–H groups in total. The third kappa shape index (κ3) is 5.11. The van der Waals surface area contributed by atoms with E-state index in [9.17, 15) is 0 Å². The van der Waals surface area contributed by atoms with Crippen LogP contribution in [-0.2, 0) is 6.61 Å². The summed E-state index contributed by atoms with van der Waals surface area (Å²) in [5.74, 6) is 1.64. The van der Waals surface area contributed by atoms with Crippen molar-refractivity contribution >= 4 is 49.5 Å². The Kier molecular flexibility index (Phi) is 6.94. The second-order valence-electron chi connectivity index (χ2n) is 6.48. The molecule has 4 rings (SSSR count). The van der Waals surface area contributed by atoms with Gasteiger partial charge in [0, 0.05) is 25.8 Å². The van der Waals surface area contributed by atoms with E-state index in [2.05, 4.69) is 39.3 Å². The lowest BCUT2D eigenvalue weighted by Gasteiger charge is -2.13. The number of ether oxygens (including phenoxy) is 1. The van der Waals surface area contributed by atoms with Gasteiger partial charge in [0.05, 0.1) is 5.56 Å². The summed E-state index contributed by atoms with van der Waals surface area (Å²) in [4.78, 5) is 9.38. The van der Waals surface area contributed by atoms with E-state index in [1.54, 1.807) is 0 Å². The lowest BCUT2D eigenvalue weighted by Crippen LogP contribution is -2.04. The van der Waals surface area contributed by atoms with Gasteiger partial charge in [-0.1, -0.05) is 65.8 Å². The van der Waals surface area contributed by atoms with Gasteiger partial charge in [0.2, 0.25) is 5.88 Å². The number of hydrogen-bond donors (Lipinski definition) is 0. The van der Waals surface area contributed by atoms with Gasteiger partial charge in [0.25, 0.3) is 0 Å². The number of aromatic nitrogens is 3. The summed E-state index contributed by atoms with van der Waals surface area (Å²) in [6.07, 6.45) is 1.97. The molecule has 0 bridgehead atoms. The number of benzene rings is 2. The molecule has 0 aliphatic heterocycles. The van der Waals surface area contributed by atoms with Crippen LogP contribution in [0.4, 0.5) is 0 Å². The van der Waals surface area contributed by atoms with Crippen molar-refractivity contribution in [3.05, 3.63) is 83.6 Å². The van der Waals surface area contributed by atoms with Crippen LogP contribution in [0.1, 0.15) is 11.3 Å². The zero-order chi connectivity index (χ0) is 21.8. The van der Waals surface area contributed by atoms with Crippen LogP contribution in [0.25, 0.3) is 26.2 Å². The third-order valence-electron chi connectivity index (χ3n) is 4.39. The maximum atomic E-state index is 6.07. The summed E-state index contributed by atoms with van der Waals surface area (Å²) in [6.45, 7) is 4.25. The summed E-state index contributed by atoms with van der Waals surface area (Å²) in [7, 11) is 0. The number of nitrogens with zero attached hydrogens (tertiary/aromatic N) is 3. The summed E-state index contributed by atoms with van der Waals surface area (Å²) in [5.41, 5.74) is 3.33. The maximum Gasteiger partial charge on any atom is 0.227 e. The van der Waals surface area contributed by atoms with Crippen LogP contribution in [-0.4, -0.2) is 21.4 Å². The molecule has 0 unspecified atom stereocenters. The predicted molar refractivity (Wildman–Crippen MR) is 134 cm³/mol. The lowest BCUT2D eigenvalue weighted by atomic mass is 10.1. The van der Waals surface area contributed by atoms with E-state index in [4.69, 9.17) is 25.8 Å². The lowest BCUT2D eigenvalue weighted by molar-refractivity contribution is 0.240. The van der Waals surface area contributed by atoms with E-state index >= 15 is 0 Å². The van der Waals surface area contributed by atoms with Crippen molar-refractivity contribution in [2.45, 2.75) is 11.6 Å². The van der Waals surface area contributed by atoms with Crippen molar-refractivity contribution in [1.29, 1.82) is 0 Å². The smallest absolute Gasteiger partial charge is 0.227 e. The Hall–Kier alpha value is -2.36. The van der Waals surface area contributed by atoms with E-state index in [1.165, 1.54) is 11.8 Å². The molecule has 0 aliphatic rings. The maximum absolute atomic E-state index is 6.07. The minimum atomic E-state index is 0.177. The van der Waals surface area contributed by atoms with Gasteiger partial charge in [-0.15, -0.1) is 11.8 Å². The van der Waals surface area contributed by atoms with Crippen LogP contribution >= 0.6 is 46.0 Å². The normalized spacial score (nSPS) is 10.8. The number of halogens is 2. The Morgan fingerprint density at radius 2 is 1.84 bits per heavy atom. The molecule has 0 amide bonds. The molecule has 0 saturated carbocycles. The predicted octanol–water partition coefficient (Wildman–Crippen LogP) is 7.16. The summed E-state index contributed by atoms with van der Waals surface area (Å²) in [6, 6.07) is 19.1. The Bertz CT molecular complexity index is 1210. The molecule has 4 aromatic rings. The van der Waals surface area contributed by atoms with Crippen molar-refractivity contribution in [2.24, 2.45) is 0 Å². The number of hydrogen-bond acceptors (Lipinski definition) is 6. The number of rotatable bonds is 7. The second-order valence-corrected chi connectivity index (χ2v) is 9.02. The third-order valence-corrected chi connectivity index (χ3v) is 5.86. The summed E-state index contributed by atoms with van der Waals surface area (Å²) < 4.78 is 12.3. The minimum absolute atomic E-state index is 0.177. The molecule has 2 aromatic heterocycles. The molecular formula is C23H17ClIN3O2S. The van der Waals surface area contributed by atoms with E-state index in [1.807, 2.05) is 66.9 Å². The molecule has 0 saturated heterocycles. The van der Waals surface area contributed by atoms with Gasteiger partial charge in [-0.2, -0.15) is 4.98 Å². The van der Waals surface area contributed by atoms with Gasteiger partial charge in [-0.3, -0.25) is 0 Å². The fourth-order valence-corrected chi connectivity index (χ4v) is 4.29. The molecule has 0 aliphatic carbocycles. The molecule has 0 radical (unpaired) electrons. The van der Waals surface area contributed by atoms with E-state index in [0.717, 1.165) is 25.3 Å². The molecule has 2 aromatic carbocycles. The zero-order valence-electron chi connectivity index (χ0n) is 16.5. The molecule has 31 heavy (non-hydrogen) atoms. The number of thioether (sulfide) groups is 1. The Labute approximate surface area is 203 Å². The van der Waals surface area contributed by atoms with Crippen molar-refractivity contribution in [1.82, 2.24) is 15.1 Å². The topological polar surface area (TPSA) is 61.0 Å². The fraction of sp³-hybridized carbons (Fsp3) is 0.0870. The molecule has 0 spiro atoms. The van der Waals surface area contributed by atoms with Crippen LogP contribution in [0.3, 0.4) is 0 Å². The molecule has 8 heteroatoms. The molecule has 2 heterocycles. The minimum Gasteiger partial charge on any atom is -0.469 e. The molecular weight excluding hydrogens is 545 g/mol. The standard InChI is InChI=1S/C23H17ClIN3O2S/c1-14(25)20-22(26-21(27-23(20)31-2)16-6-4-3-5-7-16)29-13-18-12-19(28-30-18)15-8-10-17(24)11-9-15/h3-12H,1,13H2,2H3. The van der Waals surface area contributed by atoms with Gasteiger partial charge in [-0.25, -0.2) is 4.98 Å². The molecule has 0 atom stereocenters. The van der Waals surface area contributed by atoms with Gasteiger partial charge in [0.1, 0.15) is 10.7 Å². The van der Waals surface area contributed by atoms with Crippen LogP contribution in [0.2, 0.25) is 5.02 Å². The SMILES string of the molecule is C=C(I)c1c(OCc2cc(-c3ccc(Cl)cc3)no2)nc(-c2ccccc2)nc1SC. The monoisotopic (exact) mass is 561 g/mol. The first kappa shape index (κ1) is 21.9. The first-order valence-corrected chi connectivity index (χ1v) is 11.9. The van der Waals surface area contributed by atoms with E-state index in [-0.39, 0.29) is 6.61 Å². The Morgan fingerprint density at radius 1 is 1.10 bits per heavy atom. The highest BCUT2D eigenvalue weighted by molar-refractivity contribution is 14.1. The van der Waals surface area contributed by atoms with Crippen molar-refractivity contribution in [3.63, 3.8) is 0 Å². The first-order chi connectivity index (χ1) is 15.0. The van der Waals surface area contributed by atoms with Crippen LogP contribution < -0.4 is 4.74 Å². The highest BCUT2D eigenvalue weighted by Gasteiger charge is 2.19. The first-order valence-electron chi connectivity index (χ1n) is 9.25. The van der Waals surface area contributed by atoms with E-state index < -0.39 is 0 Å². The molecule has 5 nitrogen and oxygen atoms in total. The quantitative estimate of drug-likeness (QED) is 0.136. The van der Waals surface area contributed by atoms with Gasteiger partial charge in [0.15, 0.2) is 18.2 Å². The highest BCUT2D eigenvalue weighted by atomic mass is 127.